The molecule has 0 radical (unpaired) electrons. The van der Waals surface area contributed by atoms with Crippen molar-refractivity contribution in [2.45, 2.75) is 51.2 Å². The summed E-state index contributed by atoms with van der Waals surface area (Å²) in [6.45, 7) is 5.45. The highest BCUT2D eigenvalue weighted by Crippen LogP contribution is 2.28. The molecule has 5 heteroatoms. The Morgan fingerprint density at radius 1 is 0.906 bits per heavy atom. The third-order valence-corrected chi connectivity index (χ3v) is 7.26. The van der Waals surface area contributed by atoms with E-state index in [1.54, 1.807) is 0 Å². The average Bonchev–Trinajstić information content (AvgIpc) is 3.30. The van der Waals surface area contributed by atoms with Crippen molar-refractivity contribution in [2.75, 3.05) is 39.4 Å². The maximum Gasteiger partial charge on any atom is 0.254 e. The maximum absolute atomic E-state index is 12.6. The summed E-state index contributed by atoms with van der Waals surface area (Å²) >= 11 is 0. The summed E-state index contributed by atoms with van der Waals surface area (Å²) in [5.41, 5.74) is 4.72. The molecular weight excluding hydrogens is 400 g/mol. The van der Waals surface area contributed by atoms with Crippen LogP contribution < -0.4 is 4.74 Å². The zero-order valence-electron chi connectivity index (χ0n) is 18.9. The van der Waals surface area contributed by atoms with Crippen LogP contribution in [0.15, 0.2) is 42.5 Å². The van der Waals surface area contributed by atoms with E-state index in [1.165, 1.54) is 49.9 Å². The Labute approximate surface area is 191 Å². The number of morpholine rings is 1. The molecule has 2 aliphatic heterocycles. The normalized spacial score (nSPS) is 20.1. The van der Waals surface area contributed by atoms with E-state index in [4.69, 9.17) is 9.47 Å². The maximum atomic E-state index is 12.6. The highest BCUT2D eigenvalue weighted by molar-refractivity contribution is 5.94. The lowest BCUT2D eigenvalue weighted by Gasteiger charge is -2.26. The smallest absolute Gasteiger partial charge is 0.254 e. The highest BCUT2D eigenvalue weighted by atomic mass is 16.5. The zero-order valence-corrected chi connectivity index (χ0v) is 18.9. The van der Waals surface area contributed by atoms with Gasteiger partial charge in [0.15, 0.2) is 0 Å². The minimum Gasteiger partial charge on any atom is -0.489 e. The van der Waals surface area contributed by atoms with Gasteiger partial charge in [0.2, 0.25) is 0 Å². The molecule has 170 valence electrons. The molecule has 0 N–H and O–H groups in total. The first-order chi connectivity index (χ1) is 15.8. The summed E-state index contributed by atoms with van der Waals surface area (Å²) in [6.07, 6.45) is 7.80. The predicted molar refractivity (Wildman–Crippen MR) is 125 cm³/mol. The van der Waals surface area contributed by atoms with E-state index >= 15 is 0 Å². The summed E-state index contributed by atoms with van der Waals surface area (Å²) < 4.78 is 11.5. The van der Waals surface area contributed by atoms with Gasteiger partial charge < -0.3 is 14.4 Å². The van der Waals surface area contributed by atoms with Crippen molar-refractivity contribution in [1.82, 2.24) is 9.80 Å². The first kappa shape index (κ1) is 21.5. The Kier molecular flexibility index (Phi) is 6.75. The average molecular weight is 435 g/mol. The minimum atomic E-state index is 0.0816. The van der Waals surface area contributed by atoms with Crippen LogP contribution in [0, 0.1) is 0 Å². The van der Waals surface area contributed by atoms with Crippen molar-refractivity contribution in [1.29, 1.82) is 0 Å². The number of fused-ring (bicyclic) bond motifs is 1. The van der Waals surface area contributed by atoms with Crippen molar-refractivity contribution in [3.8, 4) is 5.75 Å². The van der Waals surface area contributed by atoms with E-state index in [0.717, 1.165) is 35.8 Å². The van der Waals surface area contributed by atoms with Crippen LogP contribution in [0.5, 0.6) is 5.75 Å². The fraction of sp³-hybridized carbons (Fsp3) is 0.519. The van der Waals surface area contributed by atoms with Crippen LogP contribution >= 0.6 is 0 Å². The number of carbonyl (C=O) groups is 1. The number of ether oxygens (including phenoxy) is 2. The number of nitrogens with zero attached hydrogens (tertiary/aromatic N) is 2. The lowest BCUT2D eigenvalue weighted by Crippen LogP contribution is -2.40. The number of carbonyl (C=O) groups excluding carboxylic acids is 1. The van der Waals surface area contributed by atoms with E-state index < -0.39 is 0 Å². The highest BCUT2D eigenvalue weighted by Gasteiger charge is 2.24. The van der Waals surface area contributed by atoms with Gasteiger partial charge in [-0.05, 0) is 66.6 Å². The lowest BCUT2D eigenvalue weighted by atomic mass is 10.0. The molecule has 2 aromatic carbocycles. The molecule has 0 atom stereocenters. The molecule has 0 spiro atoms. The molecule has 2 aromatic rings. The van der Waals surface area contributed by atoms with E-state index in [1.807, 2.05) is 29.2 Å². The molecule has 0 unspecified atom stereocenters. The van der Waals surface area contributed by atoms with E-state index in [-0.39, 0.29) is 5.91 Å². The summed E-state index contributed by atoms with van der Waals surface area (Å²) in [5, 5.41) is 0. The third kappa shape index (κ3) is 5.00. The van der Waals surface area contributed by atoms with E-state index in [9.17, 15) is 4.79 Å². The van der Waals surface area contributed by atoms with Gasteiger partial charge in [0, 0.05) is 37.8 Å². The van der Waals surface area contributed by atoms with Gasteiger partial charge in [-0.15, -0.1) is 0 Å². The number of hydrogen-bond donors (Lipinski definition) is 0. The van der Waals surface area contributed by atoms with E-state index in [2.05, 4.69) is 23.1 Å². The van der Waals surface area contributed by atoms with Crippen molar-refractivity contribution < 1.29 is 14.3 Å². The molecule has 2 heterocycles. The monoisotopic (exact) mass is 434 g/mol. The van der Waals surface area contributed by atoms with Gasteiger partial charge in [0.1, 0.15) is 12.4 Å². The molecule has 1 aliphatic carbocycles. The second kappa shape index (κ2) is 10.1. The van der Waals surface area contributed by atoms with Gasteiger partial charge in [-0.3, -0.25) is 9.69 Å². The zero-order chi connectivity index (χ0) is 21.8. The lowest BCUT2D eigenvalue weighted by molar-refractivity contribution is 0.0303. The molecule has 1 saturated heterocycles. The Balaban J connectivity index is 1.16. The van der Waals surface area contributed by atoms with Crippen LogP contribution in [0.1, 0.15) is 52.7 Å². The van der Waals surface area contributed by atoms with E-state index in [0.29, 0.717) is 32.9 Å². The summed E-state index contributed by atoms with van der Waals surface area (Å²) in [6, 6.07) is 15.2. The van der Waals surface area contributed by atoms with Crippen molar-refractivity contribution >= 4 is 5.91 Å². The van der Waals surface area contributed by atoms with Crippen molar-refractivity contribution in [2.24, 2.45) is 0 Å². The Morgan fingerprint density at radius 3 is 2.38 bits per heavy atom. The molecule has 5 rings (SSSR count). The molecule has 32 heavy (non-hydrogen) atoms. The SMILES string of the molecule is O=C(c1ccc(COc2ccc3c(c2)CCN(C2CCCC2)CC3)cc1)N1CCOCC1. The quantitative estimate of drug-likeness (QED) is 0.711. The topological polar surface area (TPSA) is 42.0 Å². The van der Waals surface area contributed by atoms with Crippen LogP contribution in [0.3, 0.4) is 0 Å². The molecule has 1 saturated carbocycles. The summed E-state index contributed by atoms with van der Waals surface area (Å²) in [5.74, 6) is 1.02. The van der Waals surface area contributed by atoms with Gasteiger partial charge in [-0.25, -0.2) is 0 Å². The van der Waals surface area contributed by atoms with Crippen LogP contribution in [-0.4, -0.2) is 61.1 Å². The molecule has 2 fully saturated rings. The Hall–Kier alpha value is -2.37. The Bertz CT molecular complexity index is 915. The molecular formula is C27H34N2O3. The number of hydrogen-bond acceptors (Lipinski definition) is 4. The minimum absolute atomic E-state index is 0.0816. The summed E-state index contributed by atoms with van der Waals surface area (Å²) in [7, 11) is 0. The van der Waals surface area contributed by atoms with Crippen LogP contribution in [0.2, 0.25) is 0 Å². The molecule has 0 aromatic heterocycles. The van der Waals surface area contributed by atoms with Gasteiger partial charge in [0.05, 0.1) is 13.2 Å². The van der Waals surface area contributed by atoms with Gasteiger partial charge in [-0.2, -0.15) is 0 Å². The van der Waals surface area contributed by atoms with Gasteiger partial charge >= 0.3 is 0 Å². The fourth-order valence-electron chi connectivity index (χ4n) is 5.30. The second-order valence-electron chi connectivity index (χ2n) is 9.29. The molecule has 5 nitrogen and oxygen atoms in total. The number of benzene rings is 2. The first-order valence-corrected chi connectivity index (χ1v) is 12.2. The first-order valence-electron chi connectivity index (χ1n) is 12.2. The largest absolute Gasteiger partial charge is 0.489 e. The summed E-state index contributed by atoms with van der Waals surface area (Å²) in [4.78, 5) is 17.2. The van der Waals surface area contributed by atoms with Crippen molar-refractivity contribution in [3.63, 3.8) is 0 Å². The van der Waals surface area contributed by atoms with Crippen molar-refractivity contribution in [3.05, 3.63) is 64.7 Å². The number of amides is 1. The fourth-order valence-corrected chi connectivity index (χ4v) is 5.30. The molecule has 0 bridgehead atoms. The standard InChI is InChI=1S/C27H34N2O3/c30-27(29-15-17-31-18-16-29)23-7-5-21(6-8-23)20-32-26-10-9-22-11-13-28(14-12-24(22)19-26)25-3-1-2-4-25/h5-10,19,25H,1-4,11-18,20H2. The number of rotatable bonds is 5. The molecule has 1 amide bonds. The third-order valence-electron chi connectivity index (χ3n) is 7.26. The molecule has 3 aliphatic rings. The van der Waals surface area contributed by atoms with Gasteiger partial charge in [0.25, 0.3) is 5.91 Å². The Morgan fingerprint density at radius 2 is 1.62 bits per heavy atom. The van der Waals surface area contributed by atoms with Crippen LogP contribution in [0.4, 0.5) is 0 Å². The van der Waals surface area contributed by atoms with Gasteiger partial charge in [-0.1, -0.05) is 31.0 Å². The second-order valence-corrected chi connectivity index (χ2v) is 9.29. The predicted octanol–water partition coefficient (Wildman–Crippen LogP) is 4.08. The van der Waals surface area contributed by atoms with Crippen LogP contribution in [0.25, 0.3) is 0 Å². The van der Waals surface area contributed by atoms with Crippen LogP contribution in [-0.2, 0) is 24.2 Å².